The van der Waals surface area contributed by atoms with Crippen molar-refractivity contribution in [3.8, 4) is 5.75 Å². The number of anilines is 1. The second kappa shape index (κ2) is 5.91. The third-order valence-corrected chi connectivity index (χ3v) is 3.17. The van der Waals surface area contributed by atoms with Crippen LogP contribution in [0.25, 0.3) is 0 Å². The first-order chi connectivity index (χ1) is 8.24. The van der Waals surface area contributed by atoms with Gasteiger partial charge < -0.3 is 10.5 Å². The molecule has 0 spiro atoms. The summed E-state index contributed by atoms with van der Waals surface area (Å²) in [6.45, 7) is 0.685. The van der Waals surface area contributed by atoms with Crippen molar-refractivity contribution in [1.82, 2.24) is 0 Å². The highest BCUT2D eigenvalue weighted by atomic mass is 127. The van der Waals surface area contributed by atoms with Gasteiger partial charge in [-0.3, -0.25) is 0 Å². The van der Waals surface area contributed by atoms with Crippen molar-refractivity contribution in [2.24, 2.45) is 0 Å². The Kier molecular flexibility index (Phi) is 4.25. The van der Waals surface area contributed by atoms with E-state index in [9.17, 15) is 0 Å². The van der Waals surface area contributed by atoms with Crippen molar-refractivity contribution in [2.75, 3.05) is 12.3 Å². The second-order valence-electron chi connectivity index (χ2n) is 3.79. The predicted octanol–water partition coefficient (Wildman–Crippen LogP) is 3.49. The zero-order valence-corrected chi connectivity index (χ0v) is 11.6. The highest BCUT2D eigenvalue weighted by Crippen LogP contribution is 2.14. The fraction of sp³-hybridized carbons (Fsp3) is 0.143. The molecule has 2 aromatic rings. The summed E-state index contributed by atoms with van der Waals surface area (Å²) in [7, 11) is 0. The van der Waals surface area contributed by atoms with Gasteiger partial charge in [-0.25, -0.2) is 0 Å². The van der Waals surface area contributed by atoms with E-state index in [1.807, 2.05) is 48.5 Å². The summed E-state index contributed by atoms with van der Waals surface area (Å²) in [5.74, 6) is 0.917. The van der Waals surface area contributed by atoms with Crippen LogP contribution in [0.5, 0.6) is 5.75 Å². The molecular weight excluding hydrogens is 325 g/mol. The fourth-order valence-corrected chi connectivity index (χ4v) is 1.86. The summed E-state index contributed by atoms with van der Waals surface area (Å²) in [5.41, 5.74) is 7.67. The van der Waals surface area contributed by atoms with Gasteiger partial charge in [0.05, 0.1) is 6.61 Å². The van der Waals surface area contributed by atoms with Gasteiger partial charge in [0.25, 0.3) is 0 Å². The van der Waals surface area contributed by atoms with Crippen molar-refractivity contribution in [3.63, 3.8) is 0 Å². The minimum atomic E-state index is 0.685. The monoisotopic (exact) mass is 339 g/mol. The minimum Gasteiger partial charge on any atom is -0.493 e. The molecule has 0 aliphatic heterocycles. The first-order valence-corrected chi connectivity index (χ1v) is 6.55. The molecule has 88 valence electrons. The Hall–Kier alpha value is -1.23. The molecule has 2 aromatic carbocycles. The largest absolute Gasteiger partial charge is 0.493 e. The SMILES string of the molecule is Nc1ccc(CCOc2ccc(I)cc2)cc1. The van der Waals surface area contributed by atoms with Crippen molar-refractivity contribution >= 4 is 28.3 Å². The van der Waals surface area contributed by atoms with Crippen LogP contribution in [0.4, 0.5) is 5.69 Å². The van der Waals surface area contributed by atoms with Gasteiger partial charge >= 0.3 is 0 Å². The summed E-state index contributed by atoms with van der Waals surface area (Å²) in [6, 6.07) is 16.0. The molecule has 0 aliphatic carbocycles. The van der Waals surface area contributed by atoms with E-state index in [1.165, 1.54) is 9.13 Å². The van der Waals surface area contributed by atoms with E-state index in [2.05, 4.69) is 22.6 Å². The predicted molar refractivity (Wildman–Crippen MR) is 79.2 cm³/mol. The smallest absolute Gasteiger partial charge is 0.119 e. The van der Waals surface area contributed by atoms with Gasteiger partial charge in [0.2, 0.25) is 0 Å². The molecule has 0 aliphatic rings. The highest BCUT2D eigenvalue weighted by Gasteiger charge is 1.96. The molecule has 2 rings (SSSR count). The first-order valence-electron chi connectivity index (χ1n) is 5.47. The number of halogens is 1. The molecule has 0 heterocycles. The molecule has 0 amide bonds. The summed E-state index contributed by atoms with van der Waals surface area (Å²) in [4.78, 5) is 0. The third kappa shape index (κ3) is 3.93. The van der Waals surface area contributed by atoms with E-state index in [-0.39, 0.29) is 0 Å². The van der Waals surface area contributed by atoms with Crippen LogP contribution >= 0.6 is 22.6 Å². The van der Waals surface area contributed by atoms with Crippen molar-refractivity contribution < 1.29 is 4.74 Å². The van der Waals surface area contributed by atoms with Gasteiger partial charge in [-0.1, -0.05) is 12.1 Å². The van der Waals surface area contributed by atoms with Crippen LogP contribution in [-0.2, 0) is 6.42 Å². The maximum Gasteiger partial charge on any atom is 0.119 e. The van der Waals surface area contributed by atoms with Gasteiger partial charge in [0.1, 0.15) is 5.75 Å². The van der Waals surface area contributed by atoms with E-state index in [1.54, 1.807) is 0 Å². The lowest BCUT2D eigenvalue weighted by molar-refractivity contribution is 0.322. The summed E-state index contributed by atoms with van der Waals surface area (Å²) < 4.78 is 6.88. The normalized spacial score (nSPS) is 10.2. The van der Waals surface area contributed by atoms with Crippen molar-refractivity contribution in [2.45, 2.75) is 6.42 Å². The molecule has 0 radical (unpaired) electrons. The number of nitrogens with two attached hydrogens (primary N) is 1. The van der Waals surface area contributed by atoms with Crippen LogP contribution in [0, 0.1) is 3.57 Å². The summed E-state index contributed by atoms with van der Waals surface area (Å²) in [6.07, 6.45) is 0.895. The van der Waals surface area contributed by atoms with Crippen LogP contribution in [0.3, 0.4) is 0 Å². The van der Waals surface area contributed by atoms with Gasteiger partial charge in [0.15, 0.2) is 0 Å². The van der Waals surface area contributed by atoms with Gasteiger partial charge in [-0.15, -0.1) is 0 Å². The standard InChI is InChI=1S/C14H14INO/c15-12-3-7-14(8-4-12)17-10-9-11-1-5-13(16)6-2-11/h1-8H,9-10,16H2. The number of benzene rings is 2. The average Bonchev–Trinajstić information content (AvgIpc) is 2.34. The molecule has 0 saturated heterocycles. The Balaban J connectivity index is 1.83. The van der Waals surface area contributed by atoms with Crippen LogP contribution in [-0.4, -0.2) is 6.61 Å². The number of ether oxygens (including phenoxy) is 1. The zero-order chi connectivity index (χ0) is 12.1. The molecule has 2 N–H and O–H groups in total. The van der Waals surface area contributed by atoms with Crippen LogP contribution in [0.15, 0.2) is 48.5 Å². The molecule has 0 aromatic heterocycles. The van der Waals surface area contributed by atoms with Crippen molar-refractivity contribution in [3.05, 3.63) is 57.7 Å². The molecule has 0 fully saturated rings. The highest BCUT2D eigenvalue weighted by molar-refractivity contribution is 14.1. The van der Waals surface area contributed by atoms with E-state index < -0.39 is 0 Å². The molecular formula is C14H14INO. The average molecular weight is 339 g/mol. The molecule has 0 unspecified atom stereocenters. The zero-order valence-electron chi connectivity index (χ0n) is 9.40. The van der Waals surface area contributed by atoms with Crippen molar-refractivity contribution in [1.29, 1.82) is 0 Å². The third-order valence-electron chi connectivity index (χ3n) is 2.45. The van der Waals surface area contributed by atoms with E-state index in [0.29, 0.717) is 6.61 Å². The molecule has 2 nitrogen and oxygen atoms in total. The molecule has 0 bridgehead atoms. The van der Waals surface area contributed by atoms with Crippen LogP contribution < -0.4 is 10.5 Å². The molecule has 3 heteroatoms. The Bertz CT molecular complexity index is 419. The molecule has 0 saturated carbocycles. The lowest BCUT2D eigenvalue weighted by Crippen LogP contribution is -2.01. The van der Waals surface area contributed by atoms with Crippen LogP contribution in [0.1, 0.15) is 5.56 Å². The Labute approximate surface area is 115 Å². The maximum absolute atomic E-state index is 5.66. The summed E-state index contributed by atoms with van der Waals surface area (Å²) in [5, 5.41) is 0. The number of hydrogen-bond donors (Lipinski definition) is 1. The van der Waals surface area contributed by atoms with Gasteiger partial charge in [0, 0.05) is 15.7 Å². The molecule has 0 atom stereocenters. The quantitative estimate of drug-likeness (QED) is 0.684. The lowest BCUT2D eigenvalue weighted by Gasteiger charge is -2.06. The van der Waals surface area contributed by atoms with E-state index in [0.717, 1.165) is 17.9 Å². The van der Waals surface area contributed by atoms with Gasteiger partial charge in [-0.2, -0.15) is 0 Å². The Morgan fingerprint density at radius 1 is 0.941 bits per heavy atom. The first kappa shape index (κ1) is 12.2. The van der Waals surface area contributed by atoms with Gasteiger partial charge in [-0.05, 0) is 64.6 Å². The second-order valence-corrected chi connectivity index (χ2v) is 5.04. The number of rotatable bonds is 4. The minimum absolute atomic E-state index is 0.685. The Morgan fingerprint density at radius 3 is 2.24 bits per heavy atom. The lowest BCUT2D eigenvalue weighted by atomic mass is 10.1. The molecule has 17 heavy (non-hydrogen) atoms. The van der Waals surface area contributed by atoms with E-state index >= 15 is 0 Å². The topological polar surface area (TPSA) is 35.2 Å². The Morgan fingerprint density at radius 2 is 1.59 bits per heavy atom. The maximum atomic E-state index is 5.66. The number of hydrogen-bond acceptors (Lipinski definition) is 2. The number of nitrogen functional groups attached to an aromatic ring is 1. The summed E-state index contributed by atoms with van der Waals surface area (Å²) >= 11 is 2.28. The fourth-order valence-electron chi connectivity index (χ4n) is 1.50. The van der Waals surface area contributed by atoms with Crippen LogP contribution in [0.2, 0.25) is 0 Å². The van der Waals surface area contributed by atoms with E-state index in [4.69, 9.17) is 10.5 Å².